The maximum Gasteiger partial charge on any atom is 0.124 e. The van der Waals surface area contributed by atoms with E-state index in [1.165, 1.54) is 11.5 Å². The Labute approximate surface area is 103 Å². The Balaban J connectivity index is 2.09. The van der Waals surface area contributed by atoms with E-state index in [1.807, 2.05) is 18.2 Å². The minimum atomic E-state index is 0.415. The van der Waals surface area contributed by atoms with Crippen LogP contribution in [0.25, 0.3) is 0 Å². The lowest BCUT2D eigenvalue weighted by Gasteiger charge is -2.09. The van der Waals surface area contributed by atoms with Crippen molar-refractivity contribution < 1.29 is 4.74 Å². The minimum absolute atomic E-state index is 0.415. The predicted molar refractivity (Wildman–Crippen MR) is 65.8 cm³/mol. The number of rotatable bonds is 4. The molecule has 3 nitrogen and oxygen atoms in total. The number of nitrogens with zero attached hydrogens (tertiary/aromatic N) is 1. The van der Waals surface area contributed by atoms with Crippen LogP contribution in [-0.4, -0.2) is 4.37 Å². The molecule has 0 fully saturated rings. The molecular weight excluding hydrogens is 244 g/mol. The number of hydrogen-bond donors (Lipinski definition) is 1. The third kappa shape index (κ3) is 2.72. The van der Waals surface area contributed by atoms with Crippen LogP contribution in [0.3, 0.4) is 0 Å². The minimum Gasteiger partial charge on any atom is -0.488 e. The molecule has 0 saturated carbocycles. The first kappa shape index (κ1) is 11.4. The van der Waals surface area contributed by atoms with E-state index in [-0.39, 0.29) is 0 Å². The number of aromatic nitrogens is 1. The topological polar surface area (TPSA) is 48.1 Å². The molecule has 1 aromatic heterocycles. The molecule has 0 unspecified atom stereocenters. The fourth-order valence-corrected chi connectivity index (χ4v) is 2.00. The molecule has 0 bridgehead atoms. The Kier molecular flexibility index (Phi) is 3.77. The molecule has 2 rings (SSSR count). The fraction of sp³-hybridized carbons (Fsp3) is 0.182. The van der Waals surface area contributed by atoms with Crippen molar-refractivity contribution in [1.29, 1.82) is 0 Å². The average Bonchev–Trinajstić information content (AvgIpc) is 2.80. The molecule has 0 radical (unpaired) electrons. The van der Waals surface area contributed by atoms with Gasteiger partial charge >= 0.3 is 0 Å². The van der Waals surface area contributed by atoms with Gasteiger partial charge in [-0.2, -0.15) is 0 Å². The molecule has 0 aliphatic carbocycles. The smallest absolute Gasteiger partial charge is 0.124 e. The van der Waals surface area contributed by atoms with Crippen LogP contribution in [0, 0.1) is 0 Å². The van der Waals surface area contributed by atoms with Crippen molar-refractivity contribution in [1.82, 2.24) is 4.37 Å². The second-order valence-electron chi connectivity index (χ2n) is 3.22. The van der Waals surface area contributed by atoms with Crippen molar-refractivity contribution in [3.8, 4) is 5.75 Å². The van der Waals surface area contributed by atoms with Crippen molar-refractivity contribution in [2.24, 2.45) is 5.73 Å². The van der Waals surface area contributed by atoms with Crippen LogP contribution < -0.4 is 10.5 Å². The summed E-state index contributed by atoms with van der Waals surface area (Å²) in [7, 11) is 0. The van der Waals surface area contributed by atoms with Gasteiger partial charge in [0.1, 0.15) is 12.4 Å². The van der Waals surface area contributed by atoms with Gasteiger partial charge in [-0.1, -0.05) is 11.6 Å². The van der Waals surface area contributed by atoms with Crippen LogP contribution in [0.1, 0.15) is 10.4 Å². The summed E-state index contributed by atoms with van der Waals surface area (Å²) in [6.07, 6.45) is 1.76. The summed E-state index contributed by atoms with van der Waals surface area (Å²) >= 11 is 7.30. The van der Waals surface area contributed by atoms with E-state index in [0.717, 1.165) is 16.2 Å². The maximum absolute atomic E-state index is 5.88. The van der Waals surface area contributed by atoms with Gasteiger partial charge in [0.05, 0.1) is 4.88 Å². The molecule has 1 heterocycles. The molecule has 2 aromatic rings. The molecule has 0 amide bonds. The van der Waals surface area contributed by atoms with Crippen molar-refractivity contribution in [2.45, 2.75) is 13.2 Å². The lowest BCUT2D eigenvalue weighted by atomic mass is 10.2. The van der Waals surface area contributed by atoms with Gasteiger partial charge in [0.25, 0.3) is 0 Å². The SMILES string of the molecule is NCc1cc(Cl)ccc1OCc1ccns1. The molecular formula is C11H11ClN2OS. The normalized spacial score (nSPS) is 10.4. The van der Waals surface area contributed by atoms with E-state index >= 15 is 0 Å². The standard InChI is InChI=1S/C11H11ClN2OS/c12-9-1-2-11(8(5-9)6-13)15-7-10-3-4-14-16-10/h1-5H,6-7,13H2. The molecule has 0 aliphatic heterocycles. The van der Waals surface area contributed by atoms with Gasteiger partial charge in [0.2, 0.25) is 0 Å². The highest BCUT2D eigenvalue weighted by Gasteiger charge is 2.04. The first-order valence-electron chi connectivity index (χ1n) is 4.80. The second kappa shape index (κ2) is 5.30. The third-order valence-electron chi connectivity index (χ3n) is 2.10. The van der Waals surface area contributed by atoms with Crippen molar-refractivity contribution >= 4 is 23.1 Å². The van der Waals surface area contributed by atoms with Gasteiger partial charge in [-0.05, 0) is 35.8 Å². The Morgan fingerprint density at radius 2 is 2.25 bits per heavy atom. The Hall–Kier alpha value is -1.10. The highest BCUT2D eigenvalue weighted by molar-refractivity contribution is 7.05. The van der Waals surface area contributed by atoms with E-state index in [9.17, 15) is 0 Å². The van der Waals surface area contributed by atoms with Gasteiger partial charge in [-0.15, -0.1) is 0 Å². The zero-order valence-corrected chi connectivity index (χ0v) is 10.1. The van der Waals surface area contributed by atoms with Gasteiger partial charge in [0.15, 0.2) is 0 Å². The highest BCUT2D eigenvalue weighted by Crippen LogP contribution is 2.23. The summed E-state index contributed by atoms with van der Waals surface area (Å²) in [4.78, 5) is 1.08. The number of halogens is 1. The third-order valence-corrected chi connectivity index (χ3v) is 3.05. The number of hydrogen-bond acceptors (Lipinski definition) is 4. The first-order valence-corrected chi connectivity index (χ1v) is 5.95. The quantitative estimate of drug-likeness (QED) is 0.913. The van der Waals surface area contributed by atoms with E-state index < -0.39 is 0 Å². The summed E-state index contributed by atoms with van der Waals surface area (Å²) in [5.74, 6) is 0.778. The summed E-state index contributed by atoms with van der Waals surface area (Å²) in [5.41, 5.74) is 6.53. The van der Waals surface area contributed by atoms with Crippen molar-refractivity contribution in [3.05, 3.63) is 45.9 Å². The monoisotopic (exact) mass is 254 g/mol. The molecule has 5 heteroatoms. The summed E-state index contributed by atoms with van der Waals surface area (Å²) in [5, 5.41) is 0.672. The zero-order chi connectivity index (χ0) is 11.4. The molecule has 0 spiro atoms. The van der Waals surface area contributed by atoms with E-state index in [1.54, 1.807) is 12.3 Å². The van der Waals surface area contributed by atoms with Crippen molar-refractivity contribution in [3.63, 3.8) is 0 Å². The van der Waals surface area contributed by atoms with Gasteiger partial charge in [-0.25, -0.2) is 4.37 Å². The molecule has 0 saturated heterocycles. The van der Waals surface area contributed by atoms with Gasteiger partial charge < -0.3 is 10.5 Å². The number of nitrogens with two attached hydrogens (primary N) is 1. The van der Waals surface area contributed by atoms with Crippen LogP contribution in [0.2, 0.25) is 5.02 Å². The molecule has 0 aliphatic rings. The number of ether oxygens (including phenoxy) is 1. The Morgan fingerprint density at radius 1 is 1.38 bits per heavy atom. The van der Waals surface area contributed by atoms with Gasteiger partial charge in [-0.3, -0.25) is 0 Å². The first-order chi connectivity index (χ1) is 7.79. The largest absolute Gasteiger partial charge is 0.488 e. The lowest BCUT2D eigenvalue weighted by molar-refractivity contribution is 0.306. The molecule has 1 aromatic carbocycles. The fourth-order valence-electron chi connectivity index (χ4n) is 1.31. The van der Waals surface area contributed by atoms with E-state index in [0.29, 0.717) is 18.2 Å². The molecule has 2 N–H and O–H groups in total. The second-order valence-corrected chi connectivity index (χ2v) is 4.58. The summed E-state index contributed by atoms with van der Waals surface area (Å²) in [6.45, 7) is 0.928. The predicted octanol–water partition coefficient (Wildman–Crippen LogP) is 2.83. The van der Waals surface area contributed by atoms with Crippen LogP contribution in [0.5, 0.6) is 5.75 Å². The van der Waals surface area contributed by atoms with Crippen LogP contribution >= 0.6 is 23.1 Å². The average molecular weight is 255 g/mol. The van der Waals surface area contributed by atoms with E-state index in [2.05, 4.69) is 4.37 Å². The zero-order valence-electron chi connectivity index (χ0n) is 8.52. The van der Waals surface area contributed by atoms with Crippen LogP contribution in [-0.2, 0) is 13.2 Å². The van der Waals surface area contributed by atoms with Crippen LogP contribution in [0.15, 0.2) is 30.5 Å². The number of benzene rings is 1. The lowest BCUT2D eigenvalue weighted by Crippen LogP contribution is -2.02. The molecule has 84 valence electrons. The molecule has 16 heavy (non-hydrogen) atoms. The van der Waals surface area contributed by atoms with E-state index in [4.69, 9.17) is 22.1 Å². The highest BCUT2D eigenvalue weighted by atomic mass is 35.5. The Morgan fingerprint density at radius 3 is 2.94 bits per heavy atom. The Bertz CT molecular complexity index is 459. The summed E-state index contributed by atoms with van der Waals surface area (Å²) < 4.78 is 9.67. The molecule has 0 atom stereocenters. The maximum atomic E-state index is 5.88. The van der Waals surface area contributed by atoms with Crippen LogP contribution in [0.4, 0.5) is 0 Å². The van der Waals surface area contributed by atoms with Gasteiger partial charge in [0, 0.05) is 23.3 Å². The van der Waals surface area contributed by atoms with Crippen molar-refractivity contribution in [2.75, 3.05) is 0 Å². The summed E-state index contributed by atoms with van der Waals surface area (Å²) in [6, 6.07) is 7.39.